The van der Waals surface area contributed by atoms with Crippen molar-refractivity contribution < 1.29 is 8.78 Å². The molecule has 0 amide bonds. The van der Waals surface area contributed by atoms with Gasteiger partial charge in [-0.2, -0.15) is 0 Å². The van der Waals surface area contributed by atoms with Crippen LogP contribution < -0.4 is 5.32 Å². The minimum atomic E-state index is -0.526. The lowest BCUT2D eigenvalue weighted by Gasteiger charge is -2.05. The average molecular weight is 290 g/mol. The molecule has 5 heteroatoms. The number of halogens is 2. The second kappa shape index (κ2) is 5.64. The number of para-hydroxylation sites is 1. The van der Waals surface area contributed by atoms with Crippen LogP contribution in [0.4, 0.5) is 8.78 Å². The molecular weight excluding hydrogens is 278 g/mol. The fourth-order valence-corrected chi connectivity index (χ4v) is 2.93. The van der Waals surface area contributed by atoms with E-state index in [0.29, 0.717) is 6.54 Å². The molecule has 0 aliphatic heterocycles. The maximum absolute atomic E-state index is 13.5. The molecule has 1 N–H and O–H groups in total. The molecule has 0 unspecified atom stereocenters. The first-order valence-corrected chi connectivity index (χ1v) is 7.04. The van der Waals surface area contributed by atoms with Crippen molar-refractivity contribution in [2.45, 2.75) is 13.1 Å². The molecule has 1 heterocycles. The maximum atomic E-state index is 13.5. The number of fused-ring (bicyclic) bond motifs is 1. The van der Waals surface area contributed by atoms with Crippen LogP contribution in [0.2, 0.25) is 0 Å². The van der Waals surface area contributed by atoms with E-state index in [-0.39, 0.29) is 12.1 Å². The van der Waals surface area contributed by atoms with Gasteiger partial charge in [0.05, 0.1) is 10.2 Å². The number of hydrogen-bond acceptors (Lipinski definition) is 3. The molecule has 3 rings (SSSR count). The fraction of sp³-hybridized carbons (Fsp3) is 0.133. The maximum Gasteiger partial charge on any atom is 0.130 e. The summed E-state index contributed by atoms with van der Waals surface area (Å²) in [6.07, 6.45) is 0. The van der Waals surface area contributed by atoms with E-state index < -0.39 is 11.6 Å². The Hall–Kier alpha value is -1.85. The smallest absolute Gasteiger partial charge is 0.130 e. The summed E-state index contributed by atoms with van der Waals surface area (Å²) < 4.78 is 28.0. The Morgan fingerprint density at radius 1 is 0.950 bits per heavy atom. The third-order valence-corrected chi connectivity index (χ3v) is 4.01. The largest absolute Gasteiger partial charge is 0.306 e. The minimum absolute atomic E-state index is 0.0635. The first-order chi connectivity index (χ1) is 9.74. The number of benzene rings is 2. The van der Waals surface area contributed by atoms with Crippen molar-refractivity contribution in [1.82, 2.24) is 10.3 Å². The molecule has 0 bridgehead atoms. The molecule has 0 saturated heterocycles. The molecule has 102 valence electrons. The standard InChI is InChI=1S/C15H12F2N2S/c16-11-4-3-5-12(17)10(11)8-18-9-15-19-13-6-1-2-7-14(13)20-15/h1-7,18H,8-9H2. The lowest BCUT2D eigenvalue weighted by molar-refractivity contribution is 0.535. The van der Waals surface area contributed by atoms with E-state index in [4.69, 9.17) is 0 Å². The van der Waals surface area contributed by atoms with Gasteiger partial charge in [0.25, 0.3) is 0 Å². The van der Waals surface area contributed by atoms with E-state index in [1.807, 2.05) is 24.3 Å². The third kappa shape index (κ3) is 2.69. The zero-order valence-corrected chi connectivity index (χ0v) is 11.4. The van der Waals surface area contributed by atoms with E-state index in [0.717, 1.165) is 15.2 Å². The third-order valence-electron chi connectivity index (χ3n) is 2.98. The zero-order valence-electron chi connectivity index (χ0n) is 10.6. The molecule has 1 aromatic heterocycles. The van der Waals surface area contributed by atoms with Gasteiger partial charge in [-0.15, -0.1) is 11.3 Å². The summed E-state index contributed by atoms with van der Waals surface area (Å²) in [4.78, 5) is 4.46. The topological polar surface area (TPSA) is 24.9 Å². The average Bonchev–Trinajstić information content (AvgIpc) is 2.84. The van der Waals surface area contributed by atoms with E-state index >= 15 is 0 Å². The Morgan fingerprint density at radius 3 is 2.45 bits per heavy atom. The lowest BCUT2D eigenvalue weighted by Crippen LogP contribution is -2.14. The SMILES string of the molecule is Fc1cccc(F)c1CNCc1nc2ccccc2s1. The Bertz CT molecular complexity index is 686. The lowest BCUT2D eigenvalue weighted by atomic mass is 10.2. The molecule has 20 heavy (non-hydrogen) atoms. The Labute approximate surface area is 119 Å². The molecule has 0 spiro atoms. The quantitative estimate of drug-likeness (QED) is 0.789. The minimum Gasteiger partial charge on any atom is -0.306 e. The number of thiazole rings is 1. The number of aromatic nitrogens is 1. The number of hydrogen-bond donors (Lipinski definition) is 1. The Morgan fingerprint density at radius 2 is 1.70 bits per heavy atom. The van der Waals surface area contributed by atoms with Crippen LogP contribution in [0.25, 0.3) is 10.2 Å². The van der Waals surface area contributed by atoms with Crippen molar-refractivity contribution >= 4 is 21.6 Å². The Kier molecular flexibility index (Phi) is 3.71. The van der Waals surface area contributed by atoms with Crippen molar-refractivity contribution in [3.05, 3.63) is 64.7 Å². The highest BCUT2D eigenvalue weighted by atomic mass is 32.1. The van der Waals surface area contributed by atoms with Crippen molar-refractivity contribution in [1.29, 1.82) is 0 Å². The van der Waals surface area contributed by atoms with Crippen molar-refractivity contribution in [3.63, 3.8) is 0 Å². The van der Waals surface area contributed by atoms with Crippen LogP contribution >= 0.6 is 11.3 Å². The summed E-state index contributed by atoms with van der Waals surface area (Å²) in [5.74, 6) is -1.05. The van der Waals surface area contributed by atoms with E-state index in [2.05, 4.69) is 10.3 Å². The normalized spacial score (nSPS) is 11.1. The van der Waals surface area contributed by atoms with E-state index in [1.165, 1.54) is 18.2 Å². The summed E-state index contributed by atoms with van der Waals surface area (Å²) >= 11 is 1.58. The van der Waals surface area contributed by atoms with Gasteiger partial charge in [0.2, 0.25) is 0 Å². The number of nitrogens with zero attached hydrogens (tertiary/aromatic N) is 1. The highest BCUT2D eigenvalue weighted by molar-refractivity contribution is 7.18. The first kappa shape index (κ1) is 13.1. The van der Waals surface area contributed by atoms with Crippen LogP contribution in [0.5, 0.6) is 0 Å². The summed E-state index contributed by atoms with van der Waals surface area (Å²) in [7, 11) is 0. The van der Waals surface area contributed by atoms with Gasteiger partial charge in [0.1, 0.15) is 16.6 Å². The predicted octanol–water partition coefficient (Wildman–Crippen LogP) is 3.86. The van der Waals surface area contributed by atoms with Gasteiger partial charge in [-0.05, 0) is 24.3 Å². The monoisotopic (exact) mass is 290 g/mol. The fourth-order valence-electron chi connectivity index (χ4n) is 1.99. The summed E-state index contributed by atoms with van der Waals surface area (Å²) in [5.41, 5.74) is 1.01. The second-order valence-electron chi connectivity index (χ2n) is 4.38. The Balaban J connectivity index is 1.68. The van der Waals surface area contributed by atoms with Crippen LogP contribution in [0.3, 0.4) is 0 Å². The molecule has 0 aliphatic rings. The van der Waals surface area contributed by atoms with Gasteiger partial charge in [-0.25, -0.2) is 13.8 Å². The molecule has 0 radical (unpaired) electrons. The molecule has 0 saturated carbocycles. The molecular formula is C15H12F2N2S. The number of nitrogens with one attached hydrogen (secondary N) is 1. The highest BCUT2D eigenvalue weighted by Crippen LogP contribution is 2.21. The molecule has 0 aliphatic carbocycles. The molecule has 0 atom stereocenters. The van der Waals surface area contributed by atoms with Crippen molar-refractivity contribution in [2.75, 3.05) is 0 Å². The van der Waals surface area contributed by atoms with E-state index in [1.54, 1.807) is 11.3 Å². The van der Waals surface area contributed by atoms with Crippen LogP contribution in [0.15, 0.2) is 42.5 Å². The number of rotatable bonds is 4. The van der Waals surface area contributed by atoms with Crippen molar-refractivity contribution in [2.24, 2.45) is 0 Å². The van der Waals surface area contributed by atoms with Gasteiger partial charge in [-0.3, -0.25) is 0 Å². The van der Waals surface area contributed by atoms with Crippen LogP contribution in [-0.4, -0.2) is 4.98 Å². The molecule has 0 fully saturated rings. The predicted molar refractivity (Wildman–Crippen MR) is 76.5 cm³/mol. The summed E-state index contributed by atoms with van der Waals surface area (Å²) in [6.45, 7) is 0.640. The molecule has 2 aromatic carbocycles. The zero-order chi connectivity index (χ0) is 13.9. The highest BCUT2D eigenvalue weighted by Gasteiger charge is 2.08. The van der Waals surface area contributed by atoms with E-state index in [9.17, 15) is 8.78 Å². The first-order valence-electron chi connectivity index (χ1n) is 6.22. The molecule has 3 aromatic rings. The summed E-state index contributed by atoms with van der Waals surface area (Å²) in [6, 6.07) is 11.7. The van der Waals surface area contributed by atoms with Crippen molar-refractivity contribution in [3.8, 4) is 0 Å². The van der Waals surface area contributed by atoms with Gasteiger partial charge in [0.15, 0.2) is 0 Å². The summed E-state index contributed by atoms with van der Waals surface area (Å²) in [5, 5.41) is 3.93. The van der Waals surface area contributed by atoms with Gasteiger partial charge < -0.3 is 5.32 Å². The van der Waals surface area contributed by atoms with Crippen LogP contribution in [0, 0.1) is 11.6 Å². The van der Waals surface area contributed by atoms with Gasteiger partial charge in [-0.1, -0.05) is 18.2 Å². The van der Waals surface area contributed by atoms with Crippen LogP contribution in [-0.2, 0) is 13.1 Å². The van der Waals surface area contributed by atoms with Crippen LogP contribution in [0.1, 0.15) is 10.6 Å². The molecule has 2 nitrogen and oxygen atoms in total. The van der Waals surface area contributed by atoms with Gasteiger partial charge in [0, 0.05) is 18.7 Å². The second-order valence-corrected chi connectivity index (χ2v) is 5.49. The van der Waals surface area contributed by atoms with Gasteiger partial charge >= 0.3 is 0 Å².